The molecule has 0 radical (unpaired) electrons. The van der Waals surface area contributed by atoms with Crippen molar-refractivity contribution < 1.29 is 0 Å². The van der Waals surface area contributed by atoms with Gasteiger partial charge in [-0.2, -0.15) is 0 Å². The van der Waals surface area contributed by atoms with Crippen molar-refractivity contribution in [3.8, 4) is 0 Å². The Hall–Kier alpha value is -1.47. The minimum Gasteiger partial charge on any atom is -0.378 e. The average molecular weight is 274 g/mol. The molecule has 1 N–H and O–H groups in total. The average Bonchev–Trinajstić information content (AvgIpc) is 2.42. The molecule has 0 heterocycles. The molecule has 19 heavy (non-hydrogen) atoms. The van der Waals surface area contributed by atoms with Crippen molar-refractivity contribution in [2.24, 2.45) is 0 Å². The zero-order valence-corrected chi connectivity index (χ0v) is 12.2. The molecule has 1 atom stereocenters. The fourth-order valence-electron chi connectivity index (χ4n) is 2.22. The number of para-hydroxylation sites is 1. The maximum atomic E-state index is 5.92. The van der Waals surface area contributed by atoms with Gasteiger partial charge in [0.25, 0.3) is 0 Å². The van der Waals surface area contributed by atoms with Crippen LogP contribution in [-0.2, 0) is 6.42 Å². The summed E-state index contributed by atoms with van der Waals surface area (Å²) in [7, 11) is 0. The van der Waals surface area contributed by atoms with Gasteiger partial charge >= 0.3 is 0 Å². The minimum atomic E-state index is 0.273. The maximum Gasteiger partial charge on any atom is 0.0485 e. The van der Waals surface area contributed by atoms with Crippen molar-refractivity contribution >= 4 is 17.3 Å². The lowest BCUT2D eigenvalue weighted by Crippen LogP contribution is -2.08. The lowest BCUT2D eigenvalue weighted by molar-refractivity contribution is 0.867. The third-order valence-electron chi connectivity index (χ3n) is 3.28. The first kappa shape index (κ1) is 14.0. The molecule has 0 fully saturated rings. The van der Waals surface area contributed by atoms with Crippen LogP contribution in [0.2, 0.25) is 5.02 Å². The molecule has 0 aliphatic carbocycles. The van der Waals surface area contributed by atoms with Crippen LogP contribution < -0.4 is 5.32 Å². The first-order valence-electron chi connectivity index (χ1n) is 6.80. The fourth-order valence-corrected chi connectivity index (χ4v) is 2.34. The third kappa shape index (κ3) is 3.74. The topological polar surface area (TPSA) is 12.0 Å². The zero-order chi connectivity index (χ0) is 13.7. The Balaban J connectivity index is 2.14. The number of anilines is 1. The normalized spacial score (nSPS) is 12.2. The van der Waals surface area contributed by atoms with Crippen LogP contribution in [-0.4, -0.2) is 0 Å². The lowest BCUT2D eigenvalue weighted by atomic mass is 10.0. The predicted molar refractivity (Wildman–Crippen MR) is 83.9 cm³/mol. The van der Waals surface area contributed by atoms with Crippen molar-refractivity contribution in [1.29, 1.82) is 0 Å². The third-order valence-corrected chi connectivity index (χ3v) is 3.53. The largest absolute Gasteiger partial charge is 0.378 e. The van der Waals surface area contributed by atoms with E-state index in [1.807, 2.05) is 12.1 Å². The van der Waals surface area contributed by atoms with Gasteiger partial charge < -0.3 is 5.32 Å². The fraction of sp³-hybridized carbons (Fsp3) is 0.294. The van der Waals surface area contributed by atoms with Crippen LogP contribution in [0, 0.1) is 0 Å². The Morgan fingerprint density at radius 3 is 2.42 bits per heavy atom. The van der Waals surface area contributed by atoms with Gasteiger partial charge in [-0.1, -0.05) is 55.3 Å². The molecule has 2 aromatic carbocycles. The number of hydrogen-bond acceptors (Lipinski definition) is 1. The highest BCUT2D eigenvalue weighted by molar-refractivity contribution is 6.30. The Kier molecular flexibility index (Phi) is 4.86. The zero-order valence-electron chi connectivity index (χ0n) is 11.5. The van der Waals surface area contributed by atoms with E-state index in [4.69, 9.17) is 11.6 Å². The second-order valence-electron chi connectivity index (χ2n) is 4.82. The summed E-state index contributed by atoms with van der Waals surface area (Å²) in [6.45, 7) is 4.38. The van der Waals surface area contributed by atoms with Crippen molar-refractivity contribution in [1.82, 2.24) is 0 Å². The molecule has 100 valence electrons. The highest BCUT2D eigenvalue weighted by Crippen LogP contribution is 2.24. The number of benzene rings is 2. The van der Waals surface area contributed by atoms with E-state index in [9.17, 15) is 0 Å². The quantitative estimate of drug-likeness (QED) is 0.762. The summed E-state index contributed by atoms with van der Waals surface area (Å²) in [5, 5.41) is 4.37. The summed E-state index contributed by atoms with van der Waals surface area (Å²) in [4.78, 5) is 0. The van der Waals surface area contributed by atoms with Gasteiger partial charge in [-0.15, -0.1) is 0 Å². The van der Waals surface area contributed by atoms with Crippen LogP contribution in [0.4, 0.5) is 5.69 Å². The number of nitrogens with one attached hydrogen (secondary N) is 1. The predicted octanol–water partition coefficient (Wildman–Crippen LogP) is 5.47. The molecule has 1 nitrogen and oxygen atoms in total. The molecule has 0 amide bonds. The molecule has 2 heteroatoms. The number of hydrogen-bond donors (Lipinski definition) is 1. The second kappa shape index (κ2) is 6.63. The molecule has 0 aromatic heterocycles. The first-order chi connectivity index (χ1) is 9.20. The van der Waals surface area contributed by atoms with Crippen LogP contribution in [0.1, 0.15) is 37.4 Å². The van der Waals surface area contributed by atoms with Gasteiger partial charge in [0.15, 0.2) is 0 Å². The first-order valence-corrected chi connectivity index (χ1v) is 7.18. The molecule has 0 aliphatic heterocycles. The van der Waals surface area contributed by atoms with Gasteiger partial charge in [0.2, 0.25) is 0 Å². The highest BCUT2D eigenvalue weighted by Gasteiger charge is 2.07. The SMILES string of the molecule is CCCc1ccccc1NC(C)c1ccc(Cl)cc1. The number of halogens is 1. The van der Waals surface area contributed by atoms with Gasteiger partial charge in [0.05, 0.1) is 0 Å². The molecule has 0 saturated carbocycles. The van der Waals surface area contributed by atoms with Gasteiger partial charge in [-0.25, -0.2) is 0 Å². The molecule has 0 bridgehead atoms. The molecule has 0 saturated heterocycles. The van der Waals surface area contributed by atoms with Crippen LogP contribution >= 0.6 is 11.6 Å². The van der Waals surface area contributed by atoms with Gasteiger partial charge in [0.1, 0.15) is 0 Å². The number of aryl methyl sites for hydroxylation is 1. The standard InChI is InChI=1S/C17H20ClN/c1-3-6-15-7-4-5-8-17(15)19-13(2)14-9-11-16(18)12-10-14/h4-5,7-13,19H,3,6H2,1-2H3. The van der Waals surface area contributed by atoms with E-state index in [2.05, 4.69) is 55.6 Å². The summed E-state index contributed by atoms with van der Waals surface area (Å²) in [5.74, 6) is 0. The van der Waals surface area contributed by atoms with Crippen molar-refractivity contribution in [3.05, 3.63) is 64.7 Å². The van der Waals surface area contributed by atoms with E-state index < -0.39 is 0 Å². The molecule has 1 unspecified atom stereocenters. The van der Waals surface area contributed by atoms with Crippen LogP contribution in [0.5, 0.6) is 0 Å². The van der Waals surface area contributed by atoms with Crippen molar-refractivity contribution in [2.75, 3.05) is 5.32 Å². The van der Waals surface area contributed by atoms with Gasteiger partial charge in [-0.3, -0.25) is 0 Å². The molecular weight excluding hydrogens is 254 g/mol. The van der Waals surface area contributed by atoms with E-state index in [0.717, 1.165) is 17.9 Å². The van der Waals surface area contributed by atoms with E-state index in [1.165, 1.54) is 16.8 Å². The number of rotatable bonds is 5. The van der Waals surface area contributed by atoms with E-state index in [1.54, 1.807) is 0 Å². The van der Waals surface area contributed by atoms with Crippen LogP contribution in [0.3, 0.4) is 0 Å². The maximum absolute atomic E-state index is 5.92. The Bertz CT molecular complexity index is 519. The summed E-state index contributed by atoms with van der Waals surface area (Å²) in [6.07, 6.45) is 2.27. The molecule has 2 rings (SSSR count). The summed E-state index contributed by atoms with van der Waals surface area (Å²) in [6, 6.07) is 16.8. The summed E-state index contributed by atoms with van der Waals surface area (Å²) in [5.41, 5.74) is 3.85. The van der Waals surface area contributed by atoms with Gasteiger partial charge in [0, 0.05) is 16.8 Å². The van der Waals surface area contributed by atoms with Crippen molar-refractivity contribution in [3.63, 3.8) is 0 Å². The summed E-state index contributed by atoms with van der Waals surface area (Å²) < 4.78 is 0. The highest BCUT2D eigenvalue weighted by atomic mass is 35.5. The molecule has 2 aromatic rings. The van der Waals surface area contributed by atoms with E-state index in [0.29, 0.717) is 0 Å². The molecule has 0 spiro atoms. The Morgan fingerprint density at radius 2 is 1.74 bits per heavy atom. The smallest absolute Gasteiger partial charge is 0.0485 e. The monoisotopic (exact) mass is 273 g/mol. The Labute approximate surface area is 120 Å². The lowest BCUT2D eigenvalue weighted by Gasteiger charge is -2.18. The second-order valence-corrected chi connectivity index (χ2v) is 5.26. The van der Waals surface area contributed by atoms with E-state index >= 15 is 0 Å². The Morgan fingerprint density at radius 1 is 1.05 bits per heavy atom. The van der Waals surface area contributed by atoms with E-state index in [-0.39, 0.29) is 6.04 Å². The van der Waals surface area contributed by atoms with Crippen LogP contribution in [0.15, 0.2) is 48.5 Å². The molecular formula is C17H20ClN. The van der Waals surface area contributed by atoms with Gasteiger partial charge in [-0.05, 0) is 42.7 Å². The van der Waals surface area contributed by atoms with Crippen molar-refractivity contribution in [2.45, 2.75) is 32.7 Å². The minimum absolute atomic E-state index is 0.273. The van der Waals surface area contributed by atoms with Crippen LogP contribution in [0.25, 0.3) is 0 Å². The molecule has 0 aliphatic rings. The summed E-state index contributed by atoms with van der Waals surface area (Å²) >= 11 is 5.92.